The van der Waals surface area contributed by atoms with Crippen molar-refractivity contribution in [1.82, 2.24) is 10.2 Å². The first-order valence-electron chi connectivity index (χ1n) is 7.40. The third-order valence-electron chi connectivity index (χ3n) is 4.29. The van der Waals surface area contributed by atoms with E-state index in [9.17, 15) is 0 Å². The molecule has 1 aromatic heterocycles. The molecule has 1 aliphatic carbocycles. The zero-order valence-electron chi connectivity index (χ0n) is 12.6. The second-order valence-corrected chi connectivity index (χ2v) is 5.69. The molecule has 4 nitrogen and oxygen atoms in total. The molecule has 0 aromatic carbocycles. The maximum absolute atomic E-state index is 5.97. The van der Waals surface area contributed by atoms with Crippen LogP contribution in [0, 0.1) is 11.8 Å². The Kier molecular flexibility index (Phi) is 4.40. The summed E-state index contributed by atoms with van der Waals surface area (Å²) < 4.78 is 0. The van der Waals surface area contributed by atoms with Gasteiger partial charge < -0.3 is 10.6 Å². The molecule has 0 amide bonds. The van der Waals surface area contributed by atoms with E-state index in [4.69, 9.17) is 5.73 Å². The van der Waals surface area contributed by atoms with Crippen LogP contribution in [-0.2, 0) is 19.4 Å². The van der Waals surface area contributed by atoms with Gasteiger partial charge >= 0.3 is 0 Å². The monoisotopic (exact) mass is 262 g/mol. The van der Waals surface area contributed by atoms with Gasteiger partial charge in [-0.3, -0.25) is 0 Å². The van der Waals surface area contributed by atoms with E-state index in [0.717, 1.165) is 42.7 Å². The zero-order chi connectivity index (χ0) is 14.0. The van der Waals surface area contributed by atoms with Gasteiger partial charge in [-0.25, -0.2) is 0 Å². The average Bonchev–Trinajstić information content (AvgIpc) is 3.11. The normalized spacial score (nSPS) is 21.5. The van der Waals surface area contributed by atoms with Crippen molar-refractivity contribution in [3.63, 3.8) is 0 Å². The Hall–Kier alpha value is -1.16. The first-order chi connectivity index (χ1) is 9.12. The summed E-state index contributed by atoms with van der Waals surface area (Å²) in [6.07, 6.45) is 3.24. The van der Waals surface area contributed by atoms with Gasteiger partial charge in [0.25, 0.3) is 0 Å². The summed E-state index contributed by atoms with van der Waals surface area (Å²) in [5.74, 6) is 2.65. The van der Waals surface area contributed by atoms with E-state index in [2.05, 4.69) is 42.9 Å². The molecular formula is C15H26N4. The summed E-state index contributed by atoms with van der Waals surface area (Å²) in [6.45, 7) is 8.22. The molecule has 1 fully saturated rings. The largest absolute Gasteiger partial charge is 0.358 e. The van der Waals surface area contributed by atoms with Crippen LogP contribution in [0.25, 0.3) is 0 Å². The van der Waals surface area contributed by atoms with Gasteiger partial charge in [0.15, 0.2) is 5.82 Å². The lowest BCUT2D eigenvalue weighted by molar-refractivity contribution is 0.704. The lowest BCUT2D eigenvalue weighted by Gasteiger charge is -2.23. The SMILES string of the molecule is CCc1nnc(N(C)CC2CC2C)c(CN)c1CC. The highest BCUT2D eigenvalue weighted by Crippen LogP contribution is 2.39. The van der Waals surface area contributed by atoms with Gasteiger partial charge in [0, 0.05) is 25.7 Å². The fourth-order valence-corrected chi connectivity index (χ4v) is 2.85. The fourth-order valence-electron chi connectivity index (χ4n) is 2.85. The van der Waals surface area contributed by atoms with E-state index in [-0.39, 0.29) is 0 Å². The first-order valence-corrected chi connectivity index (χ1v) is 7.40. The Morgan fingerprint density at radius 1 is 1.21 bits per heavy atom. The minimum absolute atomic E-state index is 0.547. The van der Waals surface area contributed by atoms with Crippen LogP contribution in [-0.4, -0.2) is 23.8 Å². The van der Waals surface area contributed by atoms with Gasteiger partial charge in [0.1, 0.15) is 0 Å². The summed E-state index contributed by atoms with van der Waals surface area (Å²) >= 11 is 0. The fraction of sp³-hybridized carbons (Fsp3) is 0.733. The second-order valence-electron chi connectivity index (χ2n) is 5.69. The van der Waals surface area contributed by atoms with Crippen molar-refractivity contribution in [3.05, 3.63) is 16.8 Å². The van der Waals surface area contributed by atoms with Gasteiger partial charge in [-0.1, -0.05) is 20.8 Å². The van der Waals surface area contributed by atoms with Crippen LogP contribution in [0.3, 0.4) is 0 Å². The number of rotatable bonds is 6. The van der Waals surface area contributed by atoms with E-state index < -0.39 is 0 Å². The molecular weight excluding hydrogens is 236 g/mol. The number of aromatic nitrogens is 2. The van der Waals surface area contributed by atoms with E-state index in [1.54, 1.807) is 0 Å². The van der Waals surface area contributed by atoms with E-state index in [1.807, 2.05) is 0 Å². The third kappa shape index (κ3) is 2.89. The number of hydrogen-bond donors (Lipinski definition) is 1. The van der Waals surface area contributed by atoms with Crippen LogP contribution in [0.2, 0.25) is 0 Å². The molecule has 106 valence electrons. The second kappa shape index (κ2) is 5.87. The van der Waals surface area contributed by atoms with Crippen LogP contribution in [0.4, 0.5) is 5.82 Å². The number of hydrogen-bond acceptors (Lipinski definition) is 4. The Morgan fingerprint density at radius 2 is 1.89 bits per heavy atom. The Morgan fingerprint density at radius 3 is 2.37 bits per heavy atom. The molecule has 0 aliphatic heterocycles. The number of nitrogens with two attached hydrogens (primary N) is 1. The minimum atomic E-state index is 0.547. The maximum atomic E-state index is 5.97. The lowest BCUT2D eigenvalue weighted by atomic mass is 10.0. The van der Waals surface area contributed by atoms with Crippen LogP contribution in [0.1, 0.15) is 44.0 Å². The van der Waals surface area contributed by atoms with E-state index in [1.165, 1.54) is 17.5 Å². The van der Waals surface area contributed by atoms with Gasteiger partial charge in [0.2, 0.25) is 0 Å². The van der Waals surface area contributed by atoms with Crippen LogP contribution >= 0.6 is 0 Å². The third-order valence-corrected chi connectivity index (χ3v) is 4.29. The van der Waals surface area contributed by atoms with Gasteiger partial charge in [-0.05, 0) is 36.7 Å². The van der Waals surface area contributed by atoms with Crippen molar-refractivity contribution in [2.75, 3.05) is 18.5 Å². The molecule has 1 aromatic rings. The first kappa shape index (κ1) is 14.3. The summed E-state index contributed by atoms with van der Waals surface area (Å²) in [4.78, 5) is 2.24. The van der Waals surface area contributed by atoms with Crippen LogP contribution < -0.4 is 10.6 Å². The van der Waals surface area contributed by atoms with Crippen molar-refractivity contribution < 1.29 is 0 Å². The number of anilines is 1. The molecule has 1 heterocycles. The molecule has 2 N–H and O–H groups in total. The van der Waals surface area contributed by atoms with Crippen LogP contribution in [0.5, 0.6) is 0 Å². The Balaban J connectivity index is 2.28. The highest BCUT2D eigenvalue weighted by atomic mass is 15.3. The molecule has 2 rings (SSSR count). The number of nitrogens with zero attached hydrogens (tertiary/aromatic N) is 3. The summed E-state index contributed by atoms with van der Waals surface area (Å²) in [5, 5.41) is 8.83. The molecule has 0 saturated heterocycles. The zero-order valence-corrected chi connectivity index (χ0v) is 12.6. The molecule has 2 atom stereocenters. The molecule has 2 unspecified atom stereocenters. The predicted octanol–water partition coefficient (Wildman–Crippen LogP) is 2.15. The Bertz CT molecular complexity index is 444. The standard InChI is InChI=1S/C15H26N4/c1-5-12-13(8-16)15(18-17-14(12)6-2)19(4)9-11-7-10(11)3/h10-11H,5-9,16H2,1-4H3. The summed E-state index contributed by atoms with van der Waals surface area (Å²) in [7, 11) is 2.11. The van der Waals surface area contributed by atoms with E-state index >= 15 is 0 Å². The Labute approximate surface area is 116 Å². The topological polar surface area (TPSA) is 55.0 Å². The average molecular weight is 262 g/mol. The predicted molar refractivity (Wildman–Crippen MR) is 79.2 cm³/mol. The maximum Gasteiger partial charge on any atom is 0.155 e. The van der Waals surface area contributed by atoms with Crippen molar-refractivity contribution >= 4 is 5.82 Å². The molecule has 0 spiro atoms. The molecule has 19 heavy (non-hydrogen) atoms. The quantitative estimate of drug-likeness (QED) is 0.853. The van der Waals surface area contributed by atoms with Gasteiger partial charge in [-0.15, -0.1) is 5.10 Å². The molecule has 0 radical (unpaired) electrons. The van der Waals surface area contributed by atoms with Crippen molar-refractivity contribution in [2.45, 2.75) is 46.6 Å². The van der Waals surface area contributed by atoms with Crippen LogP contribution in [0.15, 0.2) is 0 Å². The van der Waals surface area contributed by atoms with E-state index in [0.29, 0.717) is 6.54 Å². The minimum Gasteiger partial charge on any atom is -0.358 e. The number of aryl methyl sites for hydroxylation is 1. The van der Waals surface area contributed by atoms with Gasteiger partial charge in [0.05, 0.1) is 5.69 Å². The van der Waals surface area contributed by atoms with Crippen molar-refractivity contribution in [1.29, 1.82) is 0 Å². The summed E-state index contributed by atoms with van der Waals surface area (Å²) in [6, 6.07) is 0. The van der Waals surface area contributed by atoms with Gasteiger partial charge in [-0.2, -0.15) is 5.10 Å². The summed E-state index contributed by atoms with van der Waals surface area (Å²) in [5.41, 5.74) is 9.55. The molecule has 0 bridgehead atoms. The highest BCUT2D eigenvalue weighted by Gasteiger charge is 2.34. The van der Waals surface area contributed by atoms with Crippen molar-refractivity contribution in [2.24, 2.45) is 17.6 Å². The highest BCUT2D eigenvalue weighted by molar-refractivity contribution is 5.51. The molecule has 4 heteroatoms. The lowest BCUT2D eigenvalue weighted by Crippen LogP contribution is -2.25. The smallest absolute Gasteiger partial charge is 0.155 e. The molecule has 1 saturated carbocycles. The van der Waals surface area contributed by atoms with Crippen molar-refractivity contribution in [3.8, 4) is 0 Å². The molecule has 1 aliphatic rings.